The third-order valence-electron chi connectivity index (χ3n) is 4.08. The number of hydrogen-bond donors (Lipinski definition) is 1. The van der Waals surface area contributed by atoms with Crippen LogP contribution < -0.4 is 15.0 Å². The minimum absolute atomic E-state index is 0.102. The van der Waals surface area contributed by atoms with Crippen LogP contribution in [0.4, 0.5) is 11.4 Å². The van der Waals surface area contributed by atoms with Crippen LogP contribution in [-0.2, 0) is 4.79 Å². The number of aryl methyl sites for hydroxylation is 1. The van der Waals surface area contributed by atoms with Crippen molar-refractivity contribution in [3.63, 3.8) is 0 Å². The molecule has 0 aromatic heterocycles. The molecule has 24 heavy (non-hydrogen) atoms. The lowest BCUT2D eigenvalue weighted by Gasteiger charge is -2.19. The van der Waals surface area contributed by atoms with Gasteiger partial charge in [0.15, 0.2) is 0 Å². The molecular weight excluding hydrogens is 304 g/mol. The Morgan fingerprint density at radius 1 is 1.21 bits per heavy atom. The molecule has 5 nitrogen and oxygen atoms in total. The molecule has 2 amide bonds. The number of hydrogen-bond acceptors (Lipinski definition) is 3. The molecule has 0 saturated carbocycles. The molecule has 0 radical (unpaired) electrons. The van der Waals surface area contributed by atoms with Gasteiger partial charge in [-0.25, -0.2) is 0 Å². The van der Waals surface area contributed by atoms with Crippen LogP contribution in [-0.4, -0.2) is 25.5 Å². The van der Waals surface area contributed by atoms with Crippen LogP contribution in [0.2, 0.25) is 0 Å². The maximum Gasteiger partial charge on any atom is 0.255 e. The molecule has 2 aromatic rings. The van der Waals surface area contributed by atoms with Gasteiger partial charge < -0.3 is 15.0 Å². The average molecular weight is 324 g/mol. The predicted molar refractivity (Wildman–Crippen MR) is 93.7 cm³/mol. The molecule has 0 atom stereocenters. The Bertz CT molecular complexity index is 786. The van der Waals surface area contributed by atoms with Gasteiger partial charge in [-0.2, -0.15) is 0 Å². The van der Waals surface area contributed by atoms with Crippen molar-refractivity contribution < 1.29 is 14.3 Å². The van der Waals surface area contributed by atoms with Crippen LogP contribution in [0.15, 0.2) is 42.5 Å². The Morgan fingerprint density at radius 3 is 2.71 bits per heavy atom. The Kier molecular flexibility index (Phi) is 4.51. The second kappa shape index (κ2) is 6.74. The number of nitrogens with zero attached hydrogens (tertiary/aromatic N) is 1. The van der Waals surface area contributed by atoms with E-state index in [0.29, 0.717) is 30.0 Å². The van der Waals surface area contributed by atoms with Crippen LogP contribution in [0.1, 0.15) is 28.8 Å². The molecule has 1 heterocycles. The molecule has 0 spiro atoms. The van der Waals surface area contributed by atoms with Crippen molar-refractivity contribution in [1.82, 2.24) is 0 Å². The Morgan fingerprint density at radius 2 is 2.04 bits per heavy atom. The summed E-state index contributed by atoms with van der Waals surface area (Å²) in [6.07, 6.45) is 1.42. The fourth-order valence-corrected chi connectivity index (χ4v) is 2.87. The summed E-state index contributed by atoms with van der Waals surface area (Å²) in [5.41, 5.74) is 3.01. The second-order valence-electron chi connectivity index (χ2n) is 5.86. The third kappa shape index (κ3) is 3.25. The van der Waals surface area contributed by atoms with Crippen molar-refractivity contribution in [2.75, 3.05) is 23.9 Å². The van der Waals surface area contributed by atoms with E-state index >= 15 is 0 Å². The first-order chi connectivity index (χ1) is 11.6. The van der Waals surface area contributed by atoms with Gasteiger partial charge in [0.05, 0.1) is 12.8 Å². The van der Waals surface area contributed by atoms with Crippen molar-refractivity contribution in [3.8, 4) is 5.75 Å². The van der Waals surface area contributed by atoms with Crippen molar-refractivity contribution in [1.29, 1.82) is 0 Å². The molecule has 0 bridgehead atoms. The standard InChI is InChI=1S/C19H20N2O3/c1-13-5-3-6-14(11-13)19(23)20-15-8-9-16(17(12-15)24-2)21-10-4-7-18(21)22/h3,5-6,8-9,11-12H,4,7,10H2,1-2H3,(H,20,23). The summed E-state index contributed by atoms with van der Waals surface area (Å²) in [6.45, 7) is 2.64. The first-order valence-corrected chi connectivity index (χ1v) is 7.95. The number of methoxy groups -OCH3 is 1. The van der Waals surface area contributed by atoms with E-state index in [-0.39, 0.29) is 11.8 Å². The van der Waals surface area contributed by atoms with E-state index in [0.717, 1.165) is 17.7 Å². The van der Waals surface area contributed by atoms with Crippen molar-refractivity contribution >= 4 is 23.2 Å². The van der Waals surface area contributed by atoms with Gasteiger partial charge in [0.25, 0.3) is 5.91 Å². The summed E-state index contributed by atoms with van der Waals surface area (Å²) in [7, 11) is 1.56. The molecule has 1 saturated heterocycles. The van der Waals surface area contributed by atoms with Crippen LogP contribution in [0.3, 0.4) is 0 Å². The summed E-state index contributed by atoms with van der Waals surface area (Å²) in [4.78, 5) is 26.0. The lowest BCUT2D eigenvalue weighted by atomic mass is 10.1. The largest absolute Gasteiger partial charge is 0.494 e. The normalized spacial score (nSPS) is 13.9. The van der Waals surface area contributed by atoms with Crippen molar-refractivity contribution in [2.24, 2.45) is 0 Å². The van der Waals surface area contributed by atoms with Gasteiger partial charge in [0, 0.05) is 30.3 Å². The summed E-state index contributed by atoms with van der Waals surface area (Å²) < 4.78 is 5.41. The third-order valence-corrected chi connectivity index (χ3v) is 4.08. The van der Waals surface area contributed by atoms with Gasteiger partial charge >= 0.3 is 0 Å². The number of nitrogens with one attached hydrogen (secondary N) is 1. The molecule has 1 fully saturated rings. The Balaban J connectivity index is 1.82. The first-order valence-electron chi connectivity index (χ1n) is 7.95. The molecule has 5 heteroatoms. The monoisotopic (exact) mass is 324 g/mol. The zero-order valence-corrected chi connectivity index (χ0v) is 13.8. The van der Waals surface area contributed by atoms with E-state index in [4.69, 9.17) is 4.74 Å². The van der Waals surface area contributed by atoms with Crippen LogP contribution in [0, 0.1) is 6.92 Å². The predicted octanol–water partition coefficient (Wildman–Crippen LogP) is 3.38. The van der Waals surface area contributed by atoms with E-state index in [2.05, 4.69) is 5.32 Å². The van der Waals surface area contributed by atoms with E-state index < -0.39 is 0 Å². The molecule has 1 aliphatic rings. The number of anilines is 2. The Hall–Kier alpha value is -2.82. The van der Waals surface area contributed by atoms with Crippen LogP contribution in [0.5, 0.6) is 5.75 Å². The number of ether oxygens (including phenoxy) is 1. The zero-order valence-electron chi connectivity index (χ0n) is 13.8. The average Bonchev–Trinajstić information content (AvgIpc) is 3.00. The SMILES string of the molecule is COc1cc(NC(=O)c2cccc(C)c2)ccc1N1CCCC1=O. The van der Waals surface area contributed by atoms with E-state index in [1.807, 2.05) is 31.2 Å². The topological polar surface area (TPSA) is 58.6 Å². The minimum atomic E-state index is -0.175. The van der Waals surface area contributed by atoms with Crippen LogP contribution in [0.25, 0.3) is 0 Å². The zero-order chi connectivity index (χ0) is 17.1. The molecule has 0 unspecified atom stereocenters. The number of amides is 2. The molecule has 1 N–H and O–H groups in total. The molecule has 0 aliphatic carbocycles. The molecule has 3 rings (SSSR count). The highest BCUT2D eigenvalue weighted by Crippen LogP contribution is 2.33. The quantitative estimate of drug-likeness (QED) is 0.938. The van der Waals surface area contributed by atoms with E-state index in [1.54, 1.807) is 30.2 Å². The molecular formula is C19H20N2O3. The number of carbonyl (C=O) groups excluding carboxylic acids is 2. The van der Waals surface area contributed by atoms with Gasteiger partial charge in [-0.15, -0.1) is 0 Å². The van der Waals surface area contributed by atoms with Gasteiger partial charge in [0.2, 0.25) is 5.91 Å². The summed E-state index contributed by atoms with van der Waals surface area (Å²) in [6, 6.07) is 12.8. The minimum Gasteiger partial charge on any atom is -0.494 e. The molecule has 124 valence electrons. The lowest BCUT2D eigenvalue weighted by molar-refractivity contribution is -0.117. The van der Waals surface area contributed by atoms with Gasteiger partial charge in [-0.1, -0.05) is 17.7 Å². The van der Waals surface area contributed by atoms with E-state index in [1.165, 1.54) is 0 Å². The maximum atomic E-state index is 12.3. The lowest BCUT2D eigenvalue weighted by Crippen LogP contribution is -2.24. The van der Waals surface area contributed by atoms with Crippen molar-refractivity contribution in [2.45, 2.75) is 19.8 Å². The molecule has 1 aliphatic heterocycles. The number of rotatable bonds is 4. The number of benzene rings is 2. The fourth-order valence-electron chi connectivity index (χ4n) is 2.87. The van der Waals surface area contributed by atoms with E-state index in [9.17, 15) is 9.59 Å². The summed E-state index contributed by atoms with van der Waals surface area (Å²) >= 11 is 0. The summed E-state index contributed by atoms with van der Waals surface area (Å²) in [5.74, 6) is 0.503. The fraction of sp³-hybridized carbons (Fsp3) is 0.263. The van der Waals surface area contributed by atoms with Crippen molar-refractivity contribution in [3.05, 3.63) is 53.6 Å². The highest BCUT2D eigenvalue weighted by atomic mass is 16.5. The Labute approximate surface area is 141 Å². The first kappa shape index (κ1) is 16.1. The molecule has 2 aromatic carbocycles. The smallest absolute Gasteiger partial charge is 0.255 e. The second-order valence-corrected chi connectivity index (χ2v) is 5.86. The number of carbonyl (C=O) groups is 2. The summed E-state index contributed by atoms with van der Waals surface area (Å²) in [5, 5.41) is 2.87. The van der Waals surface area contributed by atoms with Gasteiger partial charge in [0.1, 0.15) is 5.75 Å². The van der Waals surface area contributed by atoms with Crippen LogP contribution >= 0.6 is 0 Å². The van der Waals surface area contributed by atoms with Gasteiger partial charge in [-0.3, -0.25) is 9.59 Å². The highest BCUT2D eigenvalue weighted by Gasteiger charge is 2.24. The van der Waals surface area contributed by atoms with Gasteiger partial charge in [-0.05, 0) is 37.6 Å². The highest BCUT2D eigenvalue weighted by molar-refractivity contribution is 6.05. The maximum absolute atomic E-state index is 12.3.